The molecule has 0 aromatic carbocycles. The molecule has 1 aliphatic carbocycles. The minimum Gasteiger partial charge on any atom is -0.352 e. The van der Waals surface area contributed by atoms with E-state index >= 15 is 0 Å². The van der Waals surface area contributed by atoms with E-state index < -0.39 is 0 Å². The van der Waals surface area contributed by atoms with E-state index in [-0.39, 0.29) is 5.91 Å². The number of hydrogen-bond donors (Lipinski definition) is 1. The van der Waals surface area contributed by atoms with Crippen molar-refractivity contribution in [3.63, 3.8) is 0 Å². The lowest BCUT2D eigenvalue weighted by molar-refractivity contribution is -0.116. The summed E-state index contributed by atoms with van der Waals surface area (Å²) in [5.41, 5.74) is 0. The summed E-state index contributed by atoms with van der Waals surface area (Å²) in [5, 5.41) is 5.01. The van der Waals surface area contributed by atoms with Crippen LogP contribution in [0.2, 0.25) is 0 Å². The third kappa shape index (κ3) is 4.35. The second-order valence-electron chi connectivity index (χ2n) is 4.60. The third-order valence-electron chi connectivity index (χ3n) is 3.23. The van der Waals surface area contributed by atoms with Crippen molar-refractivity contribution in [2.45, 2.75) is 32.1 Å². The molecule has 2 nitrogen and oxygen atoms in total. The van der Waals surface area contributed by atoms with Crippen molar-refractivity contribution >= 4 is 23.3 Å². The Balaban J connectivity index is 1.70. The van der Waals surface area contributed by atoms with Crippen molar-refractivity contribution < 1.29 is 4.79 Å². The standard InChI is InChI=1S/C14H19NOS/c16-14(9-8-13-7-4-10-17-13)15-11-12-5-2-1-3-6-12/h4,7-10,12H,1-3,5-6,11H2,(H,15,16)/b9-8+. The smallest absolute Gasteiger partial charge is 0.244 e. The summed E-state index contributed by atoms with van der Waals surface area (Å²) in [6.45, 7) is 0.841. The average molecular weight is 249 g/mol. The first-order valence-electron chi connectivity index (χ1n) is 6.34. The van der Waals surface area contributed by atoms with Crippen LogP contribution in [0.5, 0.6) is 0 Å². The Morgan fingerprint density at radius 1 is 1.41 bits per heavy atom. The number of rotatable bonds is 4. The summed E-state index contributed by atoms with van der Waals surface area (Å²) in [6, 6.07) is 4.00. The van der Waals surface area contributed by atoms with E-state index in [0.717, 1.165) is 11.4 Å². The summed E-state index contributed by atoms with van der Waals surface area (Å²) in [6.07, 6.45) is 10.1. The first-order valence-corrected chi connectivity index (χ1v) is 7.22. The summed E-state index contributed by atoms with van der Waals surface area (Å²) in [5.74, 6) is 0.729. The molecule has 0 spiro atoms. The largest absolute Gasteiger partial charge is 0.352 e. The van der Waals surface area contributed by atoms with E-state index in [1.165, 1.54) is 32.1 Å². The molecule has 1 amide bonds. The monoisotopic (exact) mass is 249 g/mol. The van der Waals surface area contributed by atoms with Crippen LogP contribution in [0.3, 0.4) is 0 Å². The Hall–Kier alpha value is -1.09. The topological polar surface area (TPSA) is 29.1 Å². The minimum absolute atomic E-state index is 0.0315. The van der Waals surface area contributed by atoms with Crippen LogP contribution in [0.25, 0.3) is 6.08 Å². The molecule has 1 aliphatic rings. The van der Waals surface area contributed by atoms with Gasteiger partial charge in [-0.25, -0.2) is 0 Å². The predicted octanol–water partition coefficient (Wildman–Crippen LogP) is 3.46. The molecule has 3 heteroatoms. The summed E-state index contributed by atoms with van der Waals surface area (Å²) in [4.78, 5) is 12.7. The SMILES string of the molecule is O=C(/C=C/c1cccs1)NCC1CCCCC1. The van der Waals surface area contributed by atoms with Gasteiger partial charge in [0.1, 0.15) is 0 Å². The predicted molar refractivity (Wildman–Crippen MR) is 72.9 cm³/mol. The van der Waals surface area contributed by atoms with Crippen molar-refractivity contribution in [3.05, 3.63) is 28.5 Å². The van der Waals surface area contributed by atoms with Gasteiger partial charge in [-0.15, -0.1) is 11.3 Å². The third-order valence-corrected chi connectivity index (χ3v) is 4.07. The lowest BCUT2D eigenvalue weighted by Crippen LogP contribution is -2.28. The van der Waals surface area contributed by atoms with E-state index in [9.17, 15) is 4.79 Å². The van der Waals surface area contributed by atoms with E-state index in [1.54, 1.807) is 17.4 Å². The maximum absolute atomic E-state index is 11.6. The Bertz CT molecular complexity index is 364. The highest BCUT2D eigenvalue weighted by Crippen LogP contribution is 2.22. The molecule has 2 rings (SSSR count). The van der Waals surface area contributed by atoms with E-state index in [1.807, 2.05) is 23.6 Å². The van der Waals surface area contributed by atoms with Crippen LogP contribution in [-0.4, -0.2) is 12.5 Å². The first-order chi connectivity index (χ1) is 8.34. The summed E-state index contributed by atoms with van der Waals surface area (Å²) >= 11 is 1.64. The molecule has 1 heterocycles. The fourth-order valence-electron chi connectivity index (χ4n) is 2.24. The summed E-state index contributed by atoms with van der Waals surface area (Å²) < 4.78 is 0. The van der Waals surface area contributed by atoms with Gasteiger partial charge in [-0.3, -0.25) is 4.79 Å². The van der Waals surface area contributed by atoms with Gasteiger partial charge in [-0.2, -0.15) is 0 Å². The normalized spacial score (nSPS) is 17.4. The van der Waals surface area contributed by atoms with Gasteiger partial charge in [-0.1, -0.05) is 25.3 Å². The fourth-order valence-corrected chi connectivity index (χ4v) is 2.86. The molecule has 17 heavy (non-hydrogen) atoms. The van der Waals surface area contributed by atoms with Crippen molar-refractivity contribution in [1.29, 1.82) is 0 Å². The molecule has 0 radical (unpaired) electrons. The Labute approximate surface area is 107 Å². The Morgan fingerprint density at radius 2 is 2.24 bits per heavy atom. The molecule has 92 valence electrons. The zero-order chi connectivity index (χ0) is 11.9. The quantitative estimate of drug-likeness (QED) is 0.813. The summed E-state index contributed by atoms with van der Waals surface area (Å²) in [7, 11) is 0. The highest BCUT2D eigenvalue weighted by Gasteiger charge is 2.13. The van der Waals surface area contributed by atoms with Gasteiger partial charge in [0.05, 0.1) is 0 Å². The molecule has 1 aromatic rings. The molecule has 1 saturated carbocycles. The number of amides is 1. The van der Waals surface area contributed by atoms with Crippen LogP contribution in [0.1, 0.15) is 37.0 Å². The van der Waals surface area contributed by atoms with E-state index in [2.05, 4.69) is 5.32 Å². The molecule has 1 fully saturated rings. The lowest BCUT2D eigenvalue weighted by atomic mass is 9.89. The second kappa shape index (κ2) is 6.60. The van der Waals surface area contributed by atoms with Gasteiger partial charge in [0.15, 0.2) is 0 Å². The molecule has 0 aliphatic heterocycles. The van der Waals surface area contributed by atoms with Gasteiger partial charge in [0, 0.05) is 17.5 Å². The molecule has 0 saturated heterocycles. The van der Waals surface area contributed by atoms with Crippen molar-refractivity contribution in [2.24, 2.45) is 5.92 Å². The van der Waals surface area contributed by atoms with Crippen LogP contribution >= 0.6 is 11.3 Å². The fraction of sp³-hybridized carbons (Fsp3) is 0.500. The van der Waals surface area contributed by atoms with Crippen molar-refractivity contribution in [2.75, 3.05) is 6.54 Å². The number of carbonyl (C=O) groups excluding carboxylic acids is 1. The number of nitrogens with one attached hydrogen (secondary N) is 1. The van der Waals surface area contributed by atoms with Crippen LogP contribution < -0.4 is 5.32 Å². The van der Waals surface area contributed by atoms with Gasteiger partial charge in [0.25, 0.3) is 0 Å². The molecular weight excluding hydrogens is 230 g/mol. The molecule has 0 unspecified atom stereocenters. The van der Waals surface area contributed by atoms with Crippen LogP contribution in [0.4, 0.5) is 0 Å². The van der Waals surface area contributed by atoms with Crippen molar-refractivity contribution in [3.8, 4) is 0 Å². The maximum atomic E-state index is 11.6. The number of carbonyl (C=O) groups is 1. The number of thiophene rings is 1. The zero-order valence-corrected chi connectivity index (χ0v) is 10.8. The van der Waals surface area contributed by atoms with Gasteiger partial charge in [-0.05, 0) is 36.3 Å². The molecule has 0 atom stereocenters. The lowest BCUT2D eigenvalue weighted by Gasteiger charge is -2.21. The van der Waals surface area contributed by atoms with Gasteiger partial charge in [0.2, 0.25) is 5.91 Å². The molecule has 1 aromatic heterocycles. The first kappa shape index (κ1) is 12.4. The number of hydrogen-bond acceptors (Lipinski definition) is 2. The molecular formula is C14H19NOS. The minimum atomic E-state index is 0.0315. The maximum Gasteiger partial charge on any atom is 0.244 e. The molecule has 1 N–H and O–H groups in total. The van der Waals surface area contributed by atoms with Gasteiger partial charge >= 0.3 is 0 Å². The van der Waals surface area contributed by atoms with Crippen molar-refractivity contribution in [1.82, 2.24) is 5.32 Å². The zero-order valence-electron chi connectivity index (χ0n) is 10.0. The Kier molecular flexibility index (Phi) is 4.80. The van der Waals surface area contributed by atoms with Crippen LogP contribution in [0.15, 0.2) is 23.6 Å². The average Bonchev–Trinajstić information content (AvgIpc) is 2.88. The van der Waals surface area contributed by atoms with E-state index in [0.29, 0.717) is 5.92 Å². The molecule has 0 bridgehead atoms. The van der Waals surface area contributed by atoms with Gasteiger partial charge < -0.3 is 5.32 Å². The Morgan fingerprint density at radius 3 is 2.94 bits per heavy atom. The second-order valence-corrected chi connectivity index (χ2v) is 5.58. The van der Waals surface area contributed by atoms with Crippen LogP contribution in [0, 0.1) is 5.92 Å². The van der Waals surface area contributed by atoms with E-state index in [4.69, 9.17) is 0 Å². The highest BCUT2D eigenvalue weighted by molar-refractivity contribution is 7.10. The highest BCUT2D eigenvalue weighted by atomic mass is 32.1. The van der Waals surface area contributed by atoms with Crippen LogP contribution in [-0.2, 0) is 4.79 Å².